The van der Waals surface area contributed by atoms with E-state index in [1.165, 1.54) is 5.56 Å². The molecule has 0 radical (unpaired) electrons. The highest BCUT2D eigenvalue weighted by atomic mass is 16.1. The van der Waals surface area contributed by atoms with Gasteiger partial charge in [-0.15, -0.1) is 0 Å². The maximum absolute atomic E-state index is 12.9. The fraction of sp³-hybridized carbons (Fsp3) is 0.182. The monoisotopic (exact) mass is 358 g/mol. The zero-order chi connectivity index (χ0) is 19.1. The first-order valence-electron chi connectivity index (χ1n) is 8.97. The second-order valence-corrected chi connectivity index (χ2v) is 6.88. The number of aromatic nitrogens is 3. The minimum absolute atomic E-state index is 0.131. The number of aromatic amines is 1. The number of nitrogens with one attached hydrogen (secondary N) is 2. The van der Waals surface area contributed by atoms with Crippen LogP contribution in [0.15, 0.2) is 48.5 Å². The molecule has 0 saturated carbocycles. The fourth-order valence-corrected chi connectivity index (χ4v) is 3.43. The van der Waals surface area contributed by atoms with Gasteiger partial charge in [0.25, 0.3) is 5.91 Å². The summed E-state index contributed by atoms with van der Waals surface area (Å²) >= 11 is 0. The van der Waals surface area contributed by atoms with Gasteiger partial charge in [0.2, 0.25) is 0 Å². The summed E-state index contributed by atoms with van der Waals surface area (Å²) in [6.45, 7) is 7.98. The molecule has 4 rings (SSSR count). The molecule has 2 aromatic heterocycles. The first-order chi connectivity index (χ1) is 13.0. The summed E-state index contributed by atoms with van der Waals surface area (Å²) in [7, 11) is 0. The number of para-hydroxylation sites is 1. The normalized spacial score (nSPS) is 11.1. The first-order valence-corrected chi connectivity index (χ1v) is 8.97. The Bertz CT molecular complexity index is 1150. The second-order valence-electron chi connectivity index (χ2n) is 6.88. The van der Waals surface area contributed by atoms with Gasteiger partial charge < -0.3 is 10.3 Å². The van der Waals surface area contributed by atoms with Gasteiger partial charge in [-0.3, -0.25) is 4.79 Å². The van der Waals surface area contributed by atoms with Crippen LogP contribution in [0, 0.1) is 27.7 Å². The maximum atomic E-state index is 12.9. The Kier molecular flexibility index (Phi) is 4.07. The Labute approximate surface area is 158 Å². The summed E-state index contributed by atoms with van der Waals surface area (Å²) in [5.41, 5.74) is 7.40. The lowest BCUT2D eigenvalue weighted by Gasteiger charge is -2.07. The van der Waals surface area contributed by atoms with E-state index in [1.807, 2.05) is 74.0 Å². The highest BCUT2D eigenvalue weighted by molar-refractivity contribution is 6.07. The SMILES string of the molecule is Cc1nn(-c2ccccc2)c(C)c1NC(=O)c1ccc2[nH]c(C)c(C)c2c1. The number of H-pyrrole nitrogens is 1. The smallest absolute Gasteiger partial charge is 0.255 e. The molecule has 0 fully saturated rings. The Balaban J connectivity index is 1.67. The number of aryl methyl sites for hydroxylation is 3. The van der Waals surface area contributed by atoms with E-state index < -0.39 is 0 Å². The van der Waals surface area contributed by atoms with E-state index >= 15 is 0 Å². The van der Waals surface area contributed by atoms with Crippen LogP contribution in [-0.4, -0.2) is 20.7 Å². The summed E-state index contributed by atoms with van der Waals surface area (Å²) in [5, 5.41) is 8.71. The molecular formula is C22H22N4O. The van der Waals surface area contributed by atoms with Gasteiger partial charge in [0.1, 0.15) is 0 Å². The molecule has 4 aromatic rings. The molecule has 0 saturated heterocycles. The van der Waals surface area contributed by atoms with E-state index in [4.69, 9.17) is 0 Å². The van der Waals surface area contributed by atoms with Crippen molar-refractivity contribution in [1.82, 2.24) is 14.8 Å². The summed E-state index contributed by atoms with van der Waals surface area (Å²) < 4.78 is 1.85. The van der Waals surface area contributed by atoms with Crippen molar-refractivity contribution in [2.24, 2.45) is 0 Å². The van der Waals surface area contributed by atoms with Crippen molar-refractivity contribution in [3.05, 3.63) is 76.7 Å². The van der Waals surface area contributed by atoms with Gasteiger partial charge in [-0.1, -0.05) is 18.2 Å². The van der Waals surface area contributed by atoms with Gasteiger partial charge in [-0.05, 0) is 63.6 Å². The summed E-state index contributed by atoms with van der Waals surface area (Å²) in [5.74, 6) is -0.131. The van der Waals surface area contributed by atoms with Crippen LogP contribution in [0.4, 0.5) is 5.69 Å². The number of rotatable bonds is 3. The Morgan fingerprint density at radius 1 is 1.04 bits per heavy atom. The standard InChI is InChI=1S/C22H22N4O/c1-13-14(2)23-20-11-10-17(12-19(13)20)22(27)24-21-15(3)25-26(16(21)4)18-8-6-5-7-9-18/h5-12,23H,1-4H3,(H,24,27). The van der Waals surface area contributed by atoms with Crippen LogP contribution in [-0.2, 0) is 0 Å². The number of hydrogen-bond donors (Lipinski definition) is 2. The van der Waals surface area contributed by atoms with Crippen LogP contribution in [0.1, 0.15) is 33.0 Å². The van der Waals surface area contributed by atoms with Crippen LogP contribution in [0.2, 0.25) is 0 Å². The molecule has 2 aromatic carbocycles. The number of fused-ring (bicyclic) bond motifs is 1. The second kappa shape index (κ2) is 6.43. The Morgan fingerprint density at radius 3 is 2.52 bits per heavy atom. The minimum atomic E-state index is -0.131. The number of amides is 1. The van der Waals surface area contributed by atoms with Crippen molar-refractivity contribution in [2.45, 2.75) is 27.7 Å². The van der Waals surface area contributed by atoms with Crippen molar-refractivity contribution < 1.29 is 4.79 Å². The molecule has 5 nitrogen and oxygen atoms in total. The van der Waals surface area contributed by atoms with E-state index in [0.717, 1.165) is 39.4 Å². The number of benzene rings is 2. The largest absolute Gasteiger partial charge is 0.358 e. The fourth-order valence-electron chi connectivity index (χ4n) is 3.43. The van der Waals surface area contributed by atoms with Gasteiger partial charge in [-0.2, -0.15) is 5.10 Å². The van der Waals surface area contributed by atoms with Gasteiger partial charge in [-0.25, -0.2) is 4.68 Å². The molecular weight excluding hydrogens is 336 g/mol. The van der Waals surface area contributed by atoms with E-state index in [2.05, 4.69) is 22.3 Å². The molecule has 2 N–H and O–H groups in total. The van der Waals surface area contributed by atoms with Crippen LogP contribution < -0.4 is 5.32 Å². The molecule has 27 heavy (non-hydrogen) atoms. The molecule has 0 aliphatic carbocycles. The quantitative estimate of drug-likeness (QED) is 0.550. The van der Waals surface area contributed by atoms with Crippen LogP contribution >= 0.6 is 0 Å². The number of carbonyl (C=O) groups is 1. The molecule has 136 valence electrons. The third kappa shape index (κ3) is 2.91. The number of hydrogen-bond acceptors (Lipinski definition) is 2. The van der Waals surface area contributed by atoms with E-state index in [9.17, 15) is 4.79 Å². The first kappa shape index (κ1) is 17.1. The van der Waals surface area contributed by atoms with Crippen molar-refractivity contribution >= 4 is 22.5 Å². The molecule has 5 heteroatoms. The van der Waals surface area contributed by atoms with Crippen molar-refractivity contribution in [1.29, 1.82) is 0 Å². The number of nitrogens with zero attached hydrogens (tertiary/aromatic N) is 2. The predicted octanol–water partition coefficient (Wildman–Crippen LogP) is 4.84. The molecule has 0 aliphatic rings. The Morgan fingerprint density at radius 2 is 1.78 bits per heavy atom. The Hall–Kier alpha value is -3.34. The summed E-state index contributed by atoms with van der Waals surface area (Å²) in [6, 6.07) is 15.7. The highest BCUT2D eigenvalue weighted by Gasteiger charge is 2.17. The van der Waals surface area contributed by atoms with Crippen LogP contribution in [0.3, 0.4) is 0 Å². The zero-order valence-electron chi connectivity index (χ0n) is 15.9. The lowest BCUT2D eigenvalue weighted by molar-refractivity contribution is 0.102. The topological polar surface area (TPSA) is 62.7 Å². The molecule has 0 bridgehead atoms. The van der Waals surface area contributed by atoms with E-state index in [0.29, 0.717) is 5.56 Å². The lowest BCUT2D eigenvalue weighted by Crippen LogP contribution is -2.13. The molecule has 0 spiro atoms. The molecule has 0 atom stereocenters. The summed E-state index contributed by atoms with van der Waals surface area (Å²) in [4.78, 5) is 16.2. The van der Waals surface area contributed by atoms with Crippen molar-refractivity contribution in [3.8, 4) is 5.69 Å². The molecule has 0 aliphatic heterocycles. The van der Waals surface area contributed by atoms with E-state index in [1.54, 1.807) is 0 Å². The minimum Gasteiger partial charge on any atom is -0.358 e. The van der Waals surface area contributed by atoms with Crippen molar-refractivity contribution in [3.63, 3.8) is 0 Å². The number of carbonyl (C=O) groups excluding carboxylic acids is 1. The van der Waals surface area contributed by atoms with Gasteiger partial charge in [0, 0.05) is 22.2 Å². The molecule has 1 amide bonds. The summed E-state index contributed by atoms with van der Waals surface area (Å²) in [6.07, 6.45) is 0. The van der Waals surface area contributed by atoms with Gasteiger partial charge in [0.05, 0.1) is 22.8 Å². The van der Waals surface area contributed by atoms with E-state index in [-0.39, 0.29) is 5.91 Å². The molecule has 0 unspecified atom stereocenters. The maximum Gasteiger partial charge on any atom is 0.255 e. The van der Waals surface area contributed by atoms with Gasteiger partial charge >= 0.3 is 0 Å². The third-order valence-electron chi connectivity index (χ3n) is 5.10. The predicted molar refractivity (Wildman–Crippen MR) is 109 cm³/mol. The van der Waals surface area contributed by atoms with Gasteiger partial charge in [0.15, 0.2) is 0 Å². The molecule has 2 heterocycles. The third-order valence-corrected chi connectivity index (χ3v) is 5.10. The van der Waals surface area contributed by atoms with Crippen molar-refractivity contribution in [2.75, 3.05) is 5.32 Å². The highest BCUT2D eigenvalue weighted by Crippen LogP contribution is 2.25. The average molecular weight is 358 g/mol. The van der Waals surface area contributed by atoms with Crippen LogP contribution in [0.25, 0.3) is 16.6 Å². The lowest BCUT2D eigenvalue weighted by atomic mass is 10.1. The average Bonchev–Trinajstić information content (AvgIpc) is 3.12. The zero-order valence-corrected chi connectivity index (χ0v) is 15.9. The number of anilines is 1. The van der Waals surface area contributed by atoms with Crippen LogP contribution in [0.5, 0.6) is 0 Å².